The molecule has 4 aromatic carbocycles. The molecule has 0 heterocycles. The van der Waals surface area contributed by atoms with Gasteiger partial charge in [-0.3, -0.25) is 39.4 Å². The molecule has 0 bridgehead atoms. The Hall–Kier alpha value is -3.85. The number of likely N-dealkylation sites (N-methyl/N-ethyl adjacent to an activating group) is 2. The topological polar surface area (TPSA) is 266 Å². The molecule has 4 rings (SSSR count). The van der Waals surface area contributed by atoms with Crippen LogP contribution in [-0.4, -0.2) is 104 Å². The van der Waals surface area contributed by atoms with Gasteiger partial charge in [-0.2, -0.15) is 55.4 Å². The normalized spacial score (nSPS) is 10.4. The summed E-state index contributed by atoms with van der Waals surface area (Å²) in [7, 11) is 3.26. The van der Waals surface area contributed by atoms with Crippen molar-refractivity contribution in [3.63, 3.8) is 0 Å². The molecule has 4 atom stereocenters. The molecule has 4 unspecified atom stereocenters. The van der Waals surface area contributed by atoms with Crippen molar-refractivity contribution in [3.05, 3.63) is 177 Å². The van der Waals surface area contributed by atoms with Gasteiger partial charge >= 0.3 is 0 Å². The Morgan fingerprint density at radius 3 is 0.868 bits per heavy atom. The Labute approximate surface area is 510 Å². The summed E-state index contributed by atoms with van der Waals surface area (Å²) in [5.74, 6) is -0.554. The van der Waals surface area contributed by atoms with Crippen molar-refractivity contribution in [2.75, 3.05) is 40.3 Å². The van der Waals surface area contributed by atoms with Crippen molar-refractivity contribution in [3.8, 4) is 0 Å². The second-order valence-corrected chi connectivity index (χ2v) is 15.6. The van der Waals surface area contributed by atoms with Crippen molar-refractivity contribution < 1.29 is 134 Å². The van der Waals surface area contributed by atoms with Crippen molar-refractivity contribution >= 4 is 35.0 Å². The molecule has 0 aliphatic carbocycles. The van der Waals surface area contributed by atoms with Crippen LogP contribution in [0.1, 0.15) is 130 Å². The number of non-ortho nitro benzene ring substituents is 2. The van der Waals surface area contributed by atoms with Gasteiger partial charge in [0.15, 0.2) is 0 Å². The van der Waals surface area contributed by atoms with Gasteiger partial charge in [0.1, 0.15) is 0 Å². The van der Waals surface area contributed by atoms with Gasteiger partial charge < -0.3 is 66.5 Å². The molecule has 22 heteroatoms. The molecule has 0 aliphatic heterocycles. The molecule has 18 nitrogen and oxygen atoms in total. The Morgan fingerprint density at radius 1 is 0.447 bits per heavy atom. The SMILES string of the molecule is CC(=O)N(C)CC(O)c1ccc([N+](=O)[O-])cc1.CC(=O)N(C)CC(O)c1ccccc1.CC(=O)NCC(O)c1ccc([N+](=O)[O-])cc1.CC(=O)NCC(O)c1ccccc1.C[CH-]C.C[CH-]C.C[CH-]C.C[CH-]C.[W].[W].[W].[W]. The van der Waals surface area contributed by atoms with Crippen LogP contribution in [0.5, 0.6) is 0 Å². The van der Waals surface area contributed by atoms with Gasteiger partial charge in [-0.15, -0.1) is 0 Å². The first-order valence-electron chi connectivity index (χ1n) is 23.1. The minimum atomic E-state index is -0.857. The van der Waals surface area contributed by atoms with E-state index in [2.05, 4.69) is 10.6 Å². The molecule has 4 aromatic rings. The summed E-state index contributed by atoms with van der Waals surface area (Å²) in [6, 6.07) is 29.7. The molecule has 0 aliphatic rings. The molecule has 428 valence electrons. The zero-order valence-corrected chi connectivity index (χ0v) is 58.0. The number of carbonyl (C=O) groups excluding carboxylic acids is 4. The molecule has 0 spiro atoms. The average Bonchev–Trinajstić information content (AvgIpc) is 3.34. The van der Waals surface area contributed by atoms with E-state index in [1.54, 1.807) is 14.1 Å². The summed E-state index contributed by atoms with van der Waals surface area (Å²) in [5.41, 5.74) is 2.66. The first-order chi connectivity index (χ1) is 33.9. The Kier molecular flexibility index (Phi) is 67.0. The maximum Gasteiger partial charge on any atom is 0.269 e. The largest absolute Gasteiger partial charge is 0.387 e. The number of aliphatic hydroxyl groups is 4. The molecular formula is C54H82N6O12W4-4. The molecule has 0 radical (unpaired) electrons. The molecule has 0 aromatic heterocycles. The number of nitrogens with one attached hydrogen (secondary N) is 2. The first-order valence-corrected chi connectivity index (χ1v) is 23.1. The van der Waals surface area contributed by atoms with E-state index >= 15 is 0 Å². The summed E-state index contributed by atoms with van der Waals surface area (Å²) in [4.78, 5) is 65.8. The zero-order chi connectivity index (χ0) is 56.2. The summed E-state index contributed by atoms with van der Waals surface area (Å²) >= 11 is 0. The van der Waals surface area contributed by atoms with Crippen molar-refractivity contribution in [1.29, 1.82) is 0 Å². The molecule has 0 fully saturated rings. The van der Waals surface area contributed by atoms with E-state index in [-0.39, 0.29) is 139 Å². The summed E-state index contributed by atoms with van der Waals surface area (Å²) in [6.45, 7) is 22.5. The number of hydrogen-bond acceptors (Lipinski definition) is 12. The van der Waals surface area contributed by atoms with Crippen LogP contribution in [0, 0.1) is 45.9 Å². The van der Waals surface area contributed by atoms with Crippen LogP contribution in [0.3, 0.4) is 0 Å². The van der Waals surface area contributed by atoms with Crippen molar-refractivity contribution in [2.45, 2.75) is 108 Å². The van der Waals surface area contributed by atoms with E-state index in [9.17, 15) is 59.8 Å². The summed E-state index contributed by atoms with van der Waals surface area (Å²) in [5, 5.41) is 64.6. The average molecular weight is 1740 g/mol. The molecule has 4 amide bonds. The van der Waals surface area contributed by atoms with Gasteiger partial charge in [0.25, 0.3) is 11.4 Å². The van der Waals surface area contributed by atoms with Gasteiger partial charge in [-0.05, 0) is 46.5 Å². The Bertz CT molecular complexity index is 2020. The number of amides is 4. The smallest absolute Gasteiger partial charge is 0.269 e. The standard InChI is InChI=1S/C11H14N2O4.C11H15NO2.C10H12N2O4.C10H13NO2.4C3H7.4W/c1-8(14)12(2)7-11(15)9-3-5-10(6-4-9)13(16)17;1-9(13)12(2)8-11(14)10-6-4-3-5-7-10;1-7(13)11-6-10(14)8-2-4-9(5-3-8)12(15)16;1-8(12)11-7-10(13)9-5-3-2-4-6-9;4*1-3-2;;;;/h3-6,11,15H,7H2,1-2H3;3-7,11,14H,8H2,1-2H3;2-5,10,14H,6H2,1H3,(H,11,13);2-6,10,13H,7H2,1H3,(H,11,12);4*3H,1-2H3;;;;/q;;;;4*-1;;;;. The summed E-state index contributed by atoms with van der Waals surface area (Å²) < 4.78 is 0. The molecular weight excluding hydrogens is 1660 g/mol. The Morgan fingerprint density at radius 2 is 0.658 bits per heavy atom. The van der Waals surface area contributed by atoms with E-state index in [0.717, 1.165) is 11.1 Å². The minimum Gasteiger partial charge on any atom is -0.387 e. The third-order valence-electron chi connectivity index (χ3n) is 8.40. The predicted molar refractivity (Wildman–Crippen MR) is 285 cm³/mol. The third-order valence-corrected chi connectivity index (χ3v) is 8.40. The van der Waals surface area contributed by atoms with Gasteiger partial charge in [-0.1, -0.05) is 60.7 Å². The minimum absolute atomic E-state index is 0. The van der Waals surface area contributed by atoms with E-state index in [1.165, 1.54) is 86.0 Å². The number of carbonyl (C=O) groups is 4. The van der Waals surface area contributed by atoms with E-state index in [1.807, 2.05) is 142 Å². The van der Waals surface area contributed by atoms with Crippen LogP contribution >= 0.6 is 0 Å². The Balaban J connectivity index is -0.000000124. The van der Waals surface area contributed by atoms with Crippen LogP contribution in [-0.2, 0) is 103 Å². The van der Waals surface area contributed by atoms with Crippen LogP contribution in [0.2, 0.25) is 0 Å². The summed E-state index contributed by atoms with van der Waals surface area (Å²) in [6.07, 6.45) is 5.07. The van der Waals surface area contributed by atoms with Crippen LogP contribution in [0.15, 0.2) is 109 Å². The first kappa shape index (κ1) is 88.8. The van der Waals surface area contributed by atoms with Gasteiger partial charge in [0, 0.05) is 163 Å². The second-order valence-electron chi connectivity index (χ2n) is 15.6. The number of nitro benzene ring substituents is 2. The zero-order valence-electron chi connectivity index (χ0n) is 46.3. The van der Waals surface area contributed by atoms with Crippen LogP contribution < -0.4 is 10.6 Å². The predicted octanol–water partition coefficient (Wildman–Crippen LogP) is 8.84. The van der Waals surface area contributed by atoms with E-state index in [0.29, 0.717) is 17.7 Å². The molecule has 6 N–H and O–H groups in total. The fourth-order valence-electron chi connectivity index (χ4n) is 4.69. The van der Waals surface area contributed by atoms with Crippen LogP contribution in [0.4, 0.5) is 11.4 Å². The molecule has 76 heavy (non-hydrogen) atoms. The van der Waals surface area contributed by atoms with Gasteiger partial charge in [0.2, 0.25) is 23.6 Å². The quantitative estimate of drug-likeness (QED) is 0.0393. The number of nitro groups is 2. The monoisotopic (exact) mass is 1740 g/mol. The maximum atomic E-state index is 11.0. The second kappa shape index (κ2) is 57.3. The fourth-order valence-corrected chi connectivity index (χ4v) is 4.69. The number of hydrogen-bond donors (Lipinski definition) is 6. The number of nitrogens with zero attached hydrogens (tertiary/aromatic N) is 4. The van der Waals surface area contributed by atoms with Gasteiger partial charge in [-0.25, -0.2) is 0 Å². The van der Waals surface area contributed by atoms with Crippen molar-refractivity contribution in [1.82, 2.24) is 20.4 Å². The van der Waals surface area contributed by atoms with Crippen LogP contribution in [0.25, 0.3) is 0 Å². The molecule has 0 saturated carbocycles. The van der Waals surface area contributed by atoms with Gasteiger partial charge in [0.05, 0.1) is 47.4 Å². The molecule has 0 saturated heterocycles. The maximum absolute atomic E-state index is 11.0. The number of aliphatic hydroxyl groups excluding tert-OH is 4. The number of rotatable bonds is 14. The van der Waals surface area contributed by atoms with Crippen molar-refractivity contribution in [2.24, 2.45) is 0 Å². The fraction of sp³-hybridized carbons (Fsp3) is 0.407. The van der Waals surface area contributed by atoms with E-state index < -0.39 is 34.3 Å². The third kappa shape index (κ3) is 49.7. The van der Waals surface area contributed by atoms with E-state index in [4.69, 9.17) is 0 Å². The number of benzene rings is 4.